The molecule has 90 valence electrons. The first-order chi connectivity index (χ1) is 7.86. The van der Waals surface area contributed by atoms with E-state index in [0.29, 0.717) is 12.5 Å². The lowest BCUT2D eigenvalue weighted by molar-refractivity contribution is -0.122. The molecule has 1 aliphatic heterocycles. The number of nitrogens with one attached hydrogen (secondary N) is 2. The van der Waals surface area contributed by atoms with Crippen molar-refractivity contribution in [3.8, 4) is 0 Å². The molecule has 1 fully saturated rings. The molecule has 2 rings (SSSR count). The minimum Gasteiger partial charge on any atom is -0.372 e. The zero-order valence-electron chi connectivity index (χ0n) is 9.80. The highest BCUT2D eigenvalue weighted by Crippen LogP contribution is 2.28. The van der Waals surface area contributed by atoms with E-state index in [2.05, 4.69) is 15.6 Å². The van der Waals surface area contributed by atoms with Crippen molar-refractivity contribution >= 4 is 11.7 Å². The van der Waals surface area contributed by atoms with E-state index in [9.17, 15) is 4.79 Å². The monoisotopic (exact) mass is 223 g/mol. The van der Waals surface area contributed by atoms with Gasteiger partial charge in [0.05, 0.1) is 5.84 Å². The maximum atomic E-state index is 11.3. The Morgan fingerprint density at radius 3 is 2.94 bits per heavy atom. The quantitative estimate of drug-likeness (QED) is 0.701. The molecule has 1 amide bonds. The van der Waals surface area contributed by atoms with Gasteiger partial charge in [-0.15, -0.1) is 0 Å². The summed E-state index contributed by atoms with van der Waals surface area (Å²) in [5, 5.41) is 6.25. The predicted octanol–water partition coefficient (Wildman–Crippen LogP) is 1.07. The lowest BCUT2D eigenvalue weighted by atomic mass is 10.2. The first-order valence-corrected chi connectivity index (χ1v) is 6.41. The fourth-order valence-corrected chi connectivity index (χ4v) is 1.90. The van der Waals surface area contributed by atoms with Gasteiger partial charge < -0.3 is 10.6 Å². The van der Waals surface area contributed by atoms with Gasteiger partial charge in [0.2, 0.25) is 5.91 Å². The van der Waals surface area contributed by atoms with Crippen LogP contribution < -0.4 is 10.6 Å². The molecule has 0 aromatic heterocycles. The normalized spacial score (nSPS) is 20.9. The van der Waals surface area contributed by atoms with E-state index in [4.69, 9.17) is 0 Å². The SMILES string of the molecule is O=C(NCCNC1=NCCCCC1)C1CC1. The highest BCUT2D eigenvalue weighted by atomic mass is 16.2. The Morgan fingerprint density at radius 1 is 1.25 bits per heavy atom. The maximum absolute atomic E-state index is 11.3. The molecule has 16 heavy (non-hydrogen) atoms. The van der Waals surface area contributed by atoms with E-state index in [0.717, 1.165) is 38.2 Å². The Balaban J connectivity index is 1.56. The molecule has 0 bridgehead atoms. The number of hydrogen-bond donors (Lipinski definition) is 2. The number of carbonyl (C=O) groups is 1. The van der Waals surface area contributed by atoms with E-state index < -0.39 is 0 Å². The fourth-order valence-electron chi connectivity index (χ4n) is 1.90. The number of carbonyl (C=O) groups excluding carboxylic acids is 1. The van der Waals surface area contributed by atoms with Gasteiger partial charge in [0.25, 0.3) is 0 Å². The Hall–Kier alpha value is -1.06. The third kappa shape index (κ3) is 3.83. The lowest BCUT2D eigenvalue weighted by Crippen LogP contribution is -2.35. The summed E-state index contributed by atoms with van der Waals surface area (Å²) in [6.45, 7) is 2.47. The second-order valence-corrected chi connectivity index (χ2v) is 4.63. The highest BCUT2D eigenvalue weighted by Gasteiger charge is 2.28. The van der Waals surface area contributed by atoms with Gasteiger partial charge in [-0.25, -0.2) is 0 Å². The molecule has 1 saturated carbocycles. The summed E-state index contributed by atoms with van der Waals surface area (Å²) in [7, 11) is 0. The third-order valence-electron chi connectivity index (χ3n) is 3.08. The molecule has 0 aromatic rings. The van der Waals surface area contributed by atoms with Crippen molar-refractivity contribution < 1.29 is 4.79 Å². The number of nitrogens with zero attached hydrogens (tertiary/aromatic N) is 1. The molecule has 2 aliphatic rings. The van der Waals surface area contributed by atoms with E-state index in [1.54, 1.807) is 0 Å². The highest BCUT2D eigenvalue weighted by molar-refractivity contribution is 5.82. The summed E-state index contributed by atoms with van der Waals surface area (Å²) in [4.78, 5) is 15.8. The Labute approximate surface area is 96.9 Å². The van der Waals surface area contributed by atoms with Gasteiger partial charge >= 0.3 is 0 Å². The zero-order valence-corrected chi connectivity index (χ0v) is 9.80. The number of amidine groups is 1. The second kappa shape index (κ2) is 5.87. The van der Waals surface area contributed by atoms with Gasteiger partial charge in [0.15, 0.2) is 0 Å². The topological polar surface area (TPSA) is 53.5 Å². The first kappa shape index (κ1) is 11.4. The second-order valence-electron chi connectivity index (χ2n) is 4.63. The molecular weight excluding hydrogens is 202 g/mol. The zero-order chi connectivity index (χ0) is 11.2. The molecule has 0 aromatic carbocycles. The van der Waals surface area contributed by atoms with Crippen molar-refractivity contribution in [1.29, 1.82) is 0 Å². The molecule has 1 heterocycles. The maximum Gasteiger partial charge on any atom is 0.223 e. The molecule has 0 atom stereocenters. The van der Waals surface area contributed by atoms with Crippen molar-refractivity contribution in [1.82, 2.24) is 10.6 Å². The van der Waals surface area contributed by atoms with Gasteiger partial charge in [-0.1, -0.05) is 6.42 Å². The molecule has 0 radical (unpaired) electrons. The van der Waals surface area contributed by atoms with Crippen LogP contribution in [0.25, 0.3) is 0 Å². The van der Waals surface area contributed by atoms with Gasteiger partial charge in [-0.05, 0) is 25.7 Å². The smallest absolute Gasteiger partial charge is 0.223 e. The summed E-state index contributed by atoms with van der Waals surface area (Å²) in [6.07, 6.45) is 6.95. The molecule has 2 N–H and O–H groups in total. The molecule has 0 unspecified atom stereocenters. The van der Waals surface area contributed by atoms with Crippen LogP contribution in [-0.2, 0) is 4.79 Å². The minimum absolute atomic E-state index is 0.226. The van der Waals surface area contributed by atoms with E-state index in [1.165, 1.54) is 19.3 Å². The van der Waals surface area contributed by atoms with Gasteiger partial charge in [-0.3, -0.25) is 9.79 Å². The summed E-state index contributed by atoms with van der Waals surface area (Å²) < 4.78 is 0. The third-order valence-corrected chi connectivity index (χ3v) is 3.08. The summed E-state index contributed by atoms with van der Waals surface area (Å²) in [5.41, 5.74) is 0. The van der Waals surface area contributed by atoms with Crippen LogP contribution in [0.5, 0.6) is 0 Å². The Kier molecular flexibility index (Phi) is 4.19. The van der Waals surface area contributed by atoms with Gasteiger partial charge in [-0.2, -0.15) is 0 Å². The van der Waals surface area contributed by atoms with Crippen LogP contribution in [0.2, 0.25) is 0 Å². The fraction of sp³-hybridized carbons (Fsp3) is 0.833. The predicted molar refractivity (Wildman–Crippen MR) is 64.5 cm³/mol. The van der Waals surface area contributed by atoms with E-state index in [1.807, 2.05) is 0 Å². The number of amides is 1. The summed E-state index contributed by atoms with van der Waals surface area (Å²) in [6, 6.07) is 0. The van der Waals surface area contributed by atoms with Crippen LogP contribution in [-0.4, -0.2) is 31.4 Å². The van der Waals surface area contributed by atoms with E-state index in [-0.39, 0.29) is 5.91 Å². The lowest BCUT2D eigenvalue weighted by Gasteiger charge is -2.09. The Bertz CT molecular complexity index is 271. The van der Waals surface area contributed by atoms with Crippen molar-refractivity contribution in [3.63, 3.8) is 0 Å². The molecular formula is C12H21N3O. The standard InChI is InChI=1S/C12H21N3O/c16-12(10-5-6-10)15-9-8-14-11-4-2-1-3-7-13-11/h10H,1-9H2,(H,13,14)(H,15,16). The van der Waals surface area contributed by atoms with Crippen molar-refractivity contribution in [2.45, 2.75) is 38.5 Å². The molecule has 1 aliphatic carbocycles. The van der Waals surface area contributed by atoms with Crippen LogP contribution in [0, 0.1) is 5.92 Å². The van der Waals surface area contributed by atoms with Gasteiger partial charge in [0, 0.05) is 32.0 Å². The summed E-state index contributed by atoms with van der Waals surface area (Å²) >= 11 is 0. The minimum atomic E-state index is 0.226. The average molecular weight is 223 g/mol. The van der Waals surface area contributed by atoms with Crippen molar-refractivity contribution in [2.75, 3.05) is 19.6 Å². The van der Waals surface area contributed by atoms with E-state index >= 15 is 0 Å². The van der Waals surface area contributed by atoms with Crippen LogP contribution >= 0.6 is 0 Å². The number of hydrogen-bond acceptors (Lipinski definition) is 3. The van der Waals surface area contributed by atoms with Crippen molar-refractivity contribution in [3.05, 3.63) is 0 Å². The van der Waals surface area contributed by atoms with Crippen LogP contribution in [0.4, 0.5) is 0 Å². The molecule has 4 heteroatoms. The Morgan fingerprint density at radius 2 is 2.12 bits per heavy atom. The number of aliphatic imine (C=N–C) groups is 1. The molecule has 0 saturated heterocycles. The van der Waals surface area contributed by atoms with Gasteiger partial charge in [0.1, 0.15) is 0 Å². The summed E-state index contributed by atoms with van der Waals surface area (Å²) in [5.74, 6) is 1.66. The van der Waals surface area contributed by atoms with Crippen LogP contribution in [0.1, 0.15) is 38.5 Å². The van der Waals surface area contributed by atoms with Crippen LogP contribution in [0.15, 0.2) is 4.99 Å². The molecule has 4 nitrogen and oxygen atoms in total. The van der Waals surface area contributed by atoms with Crippen LogP contribution in [0.3, 0.4) is 0 Å². The molecule has 0 spiro atoms. The number of rotatable bonds is 4. The average Bonchev–Trinajstić information content (AvgIpc) is 3.10. The first-order valence-electron chi connectivity index (χ1n) is 6.41. The largest absolute Gasteiger partial charge is 0.372 e. The van der Waals surface area contributed by atoms with Crippen molar-refractivity contribution in [2.24, 2.45) is 10.9 Å².